The minimum absolute atomic E-state index is 0.321. The summed E-state index contributed by atoms with van der Waals surface area (Å²) in [7, 11) is 0. The Morgan fingerprint density at radius 2 is 2.00 bits per heavy atom. The summed E-state index contributed by atoms with van der Waals surface area (Å²) >= 11 is 6.37. The number of halogens is 1. The molecule has 0 unspecified atom stereocenters. The summed E-state index contributed by atoms with van der Waals surface area (Å²) in [4.78, 5) is 8.98. The van der Waals surface area contributed by atoms with Gasteiger partial charge in [0.1, 0.15) is 5.69 Å². The normalized spacial score (nSPS) is 23.6. The smallest absolute Gasteiger partial charge is 0.223 e. The average molecular weight is 362 g/mol. The second kappa shape index (κ2) is 6.92. The molecule has 7 heteroatoms. The maximum atomic E-state index is 6.37. The van der Waals surface area contributed by atoms with Gasteiger partial charge in [-0.25, -0.2) is 9.97 Å². The summed E-state index contributed by atoms with van der Waals surface area (Å²) in [5.74, 6) is 2.01. The number of nitrogens with zero attached hydrogens (tertiary/aromatic N) is 3. The van der Waals surface area contributed by atoms with E-state index in [0.717, 1.165) is 49.3 Å². The second-order valence-corrected chi connectivity index (χ2v) is 7.78. The Kier molecular flexibility index (Phi) is 4.65. The van der Waals surface area contributed by atoms with Gasteiger partial charge < -0.3 is 15.6 Å². The first-order valence-corrected chi connectivity index (χ1v) is 9.48. The number of nitrogens with one attached hydrogen (secondary N) is 1. The lowest BCUT2D eigenvalue weighted by Gasteiger charge is -2.26. The fourth-order valence-corrected chi connectivity index (χ4v) is 3.64. The zero-order valence-corrected chi connectivity index (χ0v) is 15.2. The third-order valence-corrected chi connectivity index (χ3v) is 5.52. The van der Waals surface area contributed by atoms with E-state index in [2.05, 4.69) is 20.4 Å². The van der Waals surface area contributed by atoms with Crippen LogP contribution in [0.1, 0.15) is 49.8 Å². The van der Waals surface area contributed by atoms with Crippen molar-refractivity contribution < 1.29 is 4.52 Å². The second-order valence-electron chi connectivity index (χ2n) is 7.37. The van der Waals surface area contributed by atoms with E-state index in [4.69, 9.17) is 21.9 Å². The highest BCUT2D eigenvalue weighted by Crippen LogP contribution is 2.38. The predicted octanol–water partition coefficient (Wildman–Crippen LogP) is 3.73. The fourth-order valence-electron chi connectivity index (χ4n) is 3.47. The Labute approximate surface area is 152 Å². The van der Waals surface area contributed by atoms with E-state index in [1.165, 1.54) is 12.8 Å². The summed E-state index contributed by atoms with van der Waals surface area (Å²) in [5.41, 5.74) is 8.65. The van der Waals surface area contributed by atoms with Gasteiger partial charge in [-0.3, -0.25) is 0 Å². The SMILES string of the molecule is Cc1noc(-c2nc(N[C@H]3CC[C@H](N)CC3)ncc2Cl)c1CC1CC1. The van der Waals surface area contributed by atoms with Gasteiger partial charge in [-0.2, -0.15) is 0 Å². The molecule has 2 fully saturated rings. The van der Waals surface area contributed by atoms with Crippen LogP contribution in [0.15, 0.2) is 10.7 Å². The van der Waals surface area contributed by atoms with Gasteiger partial charge in [0.15, 0.2) is 5.76 Å². The molecule has 2 aromatic rings. The van der Waals surface area contributed by atoms with Crippen LogP contribution in [0.2, 0.25) is 5.02 Å². The average Bonchev–Trinajstić information content (AvgIpc) is 3.35. The lowest BCUT2D eigenvalue weighted by molar-refractivity contribution is 0.409. The van der Waals surface area contributed by atoms with Gasteiger partial charge in [0, 0.05) is 17.6 Å². The predicted molar refractivity (Wildman–Crippen MR) is 97.6 cm³/mol. The molecule has 0 radical (unpaired) electrons. The molecule has 0 amide bonds. The number of hydrogen-bond donors (Lipinski definition) is 2. The molecule has 2 aliphatic rings. The summed E-state index contributed by atoms with van der Waals surface area (Å²) < 4.78 is 5.58. The molecule has 0 saturated heterocycles. The van der Waals surface area contributed by atoms with E-state index in [-0.39, 0.29) is 0 Å². The largest absolute Gasteiger partial charge is 0.354 e. The molecule has 0 aliphatic heterocycles. The molecule has 2 aliphatic carbocycles. The summed E-state index contributed by atoms with van der Waals surface area (Å²) in [6, 6.07) is 0.679. The van der Waals surface area contributed by atoms with Gasteiger partial charge in [0.25, 0.3) is 0 Å². The van der Waals surface area contributed by atoms with Crippen molar-refractivity contribution in [3.63, 3.8) is 0 Å². The Morgan fingerprint density at radius 3 is 2.72 bits per heavy atom. The van der Waals surface area contributed by atoms with Crippen LogP contribution in [0.5, 0.6) is 0 Å². The zero-order chi connectivity index (χ0) is 17.4. The highest BCUT2D eigenvalue weighted by atomic mass is 35.5. The molecule has 0 spiro atoms. The van der Waals surface area contributed by atoms with Crippen LogP contribution in [0.4, 0.5) is 5.95 Å². The third kappa shape index (κ3) is 3.80. The van der Waals surface area contributed by atoms with Crippen LogP contribution in [0, 0.1) is 12.8 Å². The monoisotopic (exact) mass is 361 g/mol. The molecule has 3 N–H and O–H groups in total. The Morgan fingerprint density at radius 1 is 1.24 bits per heavy atom. The van der Waals surface area contributed by atoms with Gasteiger partial charge in [-0.1, -0.05) is 16.8 Å². The van der Waals surface area contributed by atoms with Crippen molar-refractivity contribution >= 4 is 17.5 Å². The first-order chi connectivity index (χ1) is 12.1. The van der Waals surface area contributed by atoms with E-state index in [0.29, 0.717) is 34.5 Å². The molecule has 2 aromatic heterocycles. The van der Waals surface area contributed by atoms with Crippen molar-refractivity contribution in [1.82, 2.24) is 15.1 Å². The molecule has 134 valence electrons. The standard InChI is InChI=1S/C18H24ClN5O/c1-10-14(8-11-2-3-11)17(25-24-10)16-15(19)9-21-18(23-16)22-13-6-4-12(20)5-7-13/h9,11-13H,2-8,20H2,1H3,(H,21,22,23)/t12-,13-. The van der Waals surface area contributed by atoms with E-state index >= 15 is 0 Å². The topological polar surface area (TPSA) is 89.9 Å². The Balaban J connectivity index is 1.57. The van der Waals surface area contributed by atoms with E-state index in [1.807, 2.05) is 6.92 Å². The third-order valence-electron chi connectivity index (χ3n) is 5.24. The van der Waals surface area contributed by atoms with Crippen LogP contribution in [-0.4, -0.2) is 27.2 Å². The fraction of sp³-hybridized carbons (Fsp3) is 0.611. The van der Waals surface area contributed by atoms with Crippen LogP contribution in [-0.2, 0) is 6.42 Å². The first-order valence-electron chi connectivity index (χ1n) is 9.10. The van der Waals surface area contributed by atoms with Crippen molar-refractivity contribution in [3.8, 4) is 11.5 Å². The minimum atomic E-state index is 0.321. The first kappa shape index (κ1) is 16.8. The maximum absolute atomic E-state index is 6.37. The van der Waals surface area contributed by atoms with Gasteiger partial charge in [0.2, 0.25) is 5.95 Å². The Bertz CT molecular complexity index is 750. The Hall–Kier alpha value is -1.66. The number of aromatic nitrogens is 3. The molecular weight excluding hydrogens is 338 g/mol. The minimum Gasteiger partial charge on any atom is -0.354 e. The van der Waals surface area contributed by atoms with Gasteiger partial charge in [-0.05, 0) is 57.8 Å². The van der Waals surface area contributed by atoms with Crippen molar-refractivity contribution in [1.29, 1.82) is 0 Å². The van der Waals surface area contributed by atoms with Crippen LogP contribution in [0.25, 0.3) is 11.5 Å². The van der Waals surface area contributed by atoms with Crippen molar-refractivity contribution in [2.45, 2.75) is 64.0 Å². The van der Waals surface area contributed by atoms with Crippen LogP contribution < -0.4 is 11.1 Å². The molecule has 6 nitrogen and oxygen atoms in total. The highest BCUT2D eigenvalue weighted by molar-refractivity contribution is 6.32. The van der Waals surface area contributed by atoms with E-state index in [1.54, 1.807) is 6.20 Å². The van der Waals surface area contributed by atoms with Crippen LogP contribution >= 0.6 is 11.6 Å². The molecule has 25 heavy (non-hydrogen) atoms. The summed E-state index contributed by atoms with van der Waals surface area (Å²) in [5, 5.41) is 8.05. The number of rotatable bonds is 5. The summed E-state index contributed by atoms with van der Waals surface area (Å²) in [6.45, 7) is 1.98. The van der Waals surface area contributed by atoms with Gasteiger partial charge in [-0.15, -0.1) is 0 Å². The molecule has 0 bridgehead atoms. The maximum Gasteiger partial charge on any atom is 0.223 e. The number of aryl methyl sites for hydroxylation is 1. The quantitative estimate of drug-likeness (QED) is 0.843. The van der Waals surface area contributed by atoms with Gasteiger partial charge >= 0.3 is 0 Å². The lowest BCUT2D eigenvalue weighted by atomic mass is 9.92. The molecule has 0 atom stereocenters. The van der Waals surface area contributed by atoms with E-state index in [9.17, 15) is 0 Å². The van der Waals surface area contributed by atoms with Gasteiger partial charge in [0.05, 0.1) is 16.9 Å². The van der Waals surface area contributed by atoms with E-state index < -0.39 is 0 Å². The molecule has 2 saturated carbocycles. The molecular formula is C18H24ClN5O. The number of anilines is 1. The number of nitrogens with two attached hydrogens (primary N) is 1. The van der Waals surface area contributed by atoms with Crippen LogP contribution in [0.3, 0.4) is 0 Å². The lowest BCUT2D eigenvalue weighted by Crippen LogP contribution is -2.33. The molecule has 0 aromatic carbocycles. The van der Waals surface area contributed by atoms with Crippen molar-refractivity contribution in [2.75, 3.05) is 5.32 Å². The van der Waals surface area contributed by atoms with Crippen molar-refractivity contribution in [3.05, 3.63) is 22.5 Å². The highest BCUT2D eigenvalue weighted by Gasteiger charge is 2.28. The number of hydrogen-bond acceptors (Lipinski definition) is 6. The molecule has 4 rings (SSSR count). The zero-order valence-electron chi connectivity index (χ0n) is 14.5. The molecule has 2 heterocycles. The summed E-state index contributed by atoms with van der Waals surface area (Å²) in [6.07, 6.45) is 9.31. The van der Waals surface area contributed by atoms with Crippen molar-refractivity contribution in [2.24, 2.45) is 11.7 Å².